The first-order valence-electron chi connectivity index (χ1n) is 20.4. The predicted molar refractivity (Wildman–Crippen MR) is 213 cm³/mol. The number of hydrogen-bond donors (Lipinski definition) is 7. The quantitative estimate of drug-likeness (QED) is 0.0885. The third-order valence-electron chi connectivity index (χ3n) is 10.5. The van der Waals surface area contributed by atoms with E-state index in [0.29, 0.717) is 45.0 Å². The highest BCUT2D eigenvalue weighted by atomic mass is 16.5. The van der Waals surface area contributed by atoms with Crippen LogP contribution in [0.15, 0.2) is 48.5 Å². The van der Waals surface area contributed by atoms with E-state index in [1.807, 2.05) is 76.2 Å². The maximum absolute atomic E-state index is 14.1. The number of nitrogens with one attached hydrogen (secondary N) is 5. The highest BCUT2D eigenvalue weighted by Crippen LogP contribution is 2.36. The molecule has 2 aliphatic rings. The maximum atomic E-state index is 14.1. The minimum Gasteiger partial charge on any atom is -0.493 e. The van der Waals surface area contributed by atoms with Gasteiger partial charge in [-0.2, -0.15) is 0 Å². The summed E-state index contributed by atoms with van der Waals surface area (Å²) in [5.74, 6) is -0.302. The second-order valence-corrected chi connectivity index (χ2v) is 16.3. The van der Waals surface area contributed by atoms with E-state index < -0.39 is 36.0 Å². The summed E-state index contributed by atoms with van der Waals surface area (Å²) >= 11 is 0. The molecule has 0 saturated heterocycles. The van der Waals surface area contributed by atoms with Gasteiger partial charge < -0.3 is 41.5 Å². The molecule has 0 spiro atoms. The second kappa shape index (κ2) is 22.5. The average Bonchev–Trinajstić information content (AvgIpc) is 3.55. The Morgan fingerprint density at radius 3 is 2.25 bits per heavy atom. The molecule has 4 rings (SSSR count). The summed E-state index contributed by atoms with van der Waals surface area (Å²) in [7, 11) is 0. The summed E-state index contributed by atoms with van der Waals surface area (Å²) in [5.41, 5.74) is 2.80. The number of aliphatic hydroxyl groups is 2. The van der Waals surface area contributed by atoms with Gasteiger partial charge in [-0.05, 0) is 47.8 Å². The van der Waals surface area contributed by atoms with Crippen LogP contribution < -0.4 is 31.3 Å². The zero-order chi connectivity index (χ0) is 39.7. The van der Waals surface area contributed by atoms with Crippen molar-refractivity contribution in [3.63, 3.8) is 0 Å². The molecule has 1 aliphatic carbocycles. The van der Waals surface area contributed by atoms with Crippen LogP contribution in [0.4, 0.5) is 0 Å². The van der Waals surface area contributed by atoms with Gasteiger partial charge in [-0.1, -0.05) is 102 Å². The number of amides is 4. The first-order valence-corrected chi connectivity index (χ1v) is 20.4. The van der Waals surface area contributed by atoms with Gasteiger partial charge in [0.25, 0.3) is 0 Å². The third kappa shape index (κ3) is 14.9. The lowest BCUT2D eigenvalue weighted by molar-refractivity contribution is -0.133. The number of carbonyl (C=O) groups is 4. The van der Waals surface area contributed by atoms with Crippen molar-refractivity contribution in [2.24, 2.45) is 17.8 Å². The summed E-state index contributed by atoms with van der Waals surface area (Å²) in [6.45, 7) is 9.88. The molecule has 0 bridgehead atoms. The number of hydrogen-bond acceptors (Lipinski definition) is 8. The first-order chi connectivity index (χ1) is 26.4. The van der Waals surface area contributed by atoms with Crippen LogP contribution in [0.2, 0.25) is 0 Å². The Labute approximate surface area is 327 Å². The van der Waals surface area contributed by atoms with Gasteiger partial charge in [-0.15, -0.1) is 0 Å². The van der Waals surface area contributed by atoms with E-state index in [1.54, 1.807) is 0 Å². The van der Waals surface area contributed by atoms with Gasteiger partial charge >= 0.3 is 0 Å². The van der Waals surface area contributed by atoms with Crippen molar-refractivity contribution < 1.29 is 34.1 Å². The summed E-state index contributed by atoms with van der Waals surface area (Å²) in [5, 5.41) is 35.5. The molecule has 1 saturated carbocycles. The summed E-state index contributed by atoms with van der Waals surface area (Å²) in [6, 6.07) is 12.8. The van der Waals surface area contributed by atoms with E-state index >= 15 is 0 Å². The lowest BCUT2D eigenvalue weighted by Crippen LogP contribution is -2.57. The summed E-state index contributed by atoms with van der Waals surface area (Å²) < 4.78 is 5.89. The first kappa shape index (κ1) is 43.7. The van der Waals surface area contributed by atoms with Crippen molar-refractivity contribution >= 4 is 23.6 Å². The predicted octanol–water partition coefficient (Wildman–Crippen LogP) is 3.87. The lowest BCUT2D eigenvalue weighted by Gasteiger charge is -2.32. The minimum absolute atomic E-state index is 0.0420. The summed E-state index contributed by atoms with van der Waals surface area (Å²) in [4.78, 5) is 54.6. The highest BCUT2D eigenvalue weighted by molar-refractivity contribution is 5.92. The van der Waals surface area contributed by atoms with Crippen LogP contribution in [-0.4, -0.2) is 84.4 Å². The van der Waals surface area contributed by atoms with Gasteiger partial charge in [0.05, 0.1) is 31.8 Å². The number of carbonyl (C=O) groups excluding carboxylic acids is 4. The van der Waals surface area contributed by atoms with Crippen LogP contribution in [0.1, 0.15) is 108 Å². The molecular formula is C43H65N5O7. The van der Waals surface area contributed by atoms with Crippen LogP contribution in [0.25, 0.3) is 0 Å². The van der Waals surface area contributed by atoms with Gasteiger partial charge in [0, 0.05) is 44.0 Å². The van der Waals surface area contributed by atoms with Gasteiger partial charge in [-0.25, -0.2) is 0 Å². The van der Waals surface area contributed by atoms with Gasteiger partial charge in [0.15, 0.2) is 0 Å². The SMILES string of the molecule is CC(C)CNC(=O)CC(O)[C@H](CC1CCCCC1)NC(=O)[C@H](CC(C)C)NC(=O)[C@H](Cc1ccccc1)NC(=O)CC1COc2ccc(CNCCO)cc21. The number of ether oxygens (including phenoxy) is 1. The molecule has 12 nitrogen and oxygen atoms in total. The Morgan fingerprint density at radius 2 is 1.56 bits per heavy atom. The minimum atomic E-state index is -1.09. The number of aliphatic hydroxyl groups excluding tert-OH is 2. The maximum Gasteiger partial charge on any atom is 0.243 e. The van der Waals surface area contributed by atoms with Crippen LogP contribution in [0.5, 0.6) is 5.75 Å². The number of fused-ring (bicyclic) bond motifs is 1. The fourth-order valence-electron chi connectivity index (χ4n) is 7.53. The van der Waals surface area contributed by atoms with Gasteiger partial charge in [0.2, 0.25) is 23.6 Å². The third-order valence-corrected chi connectivity index (χ3v) is 10.5. The Hall–Kier alpha value is -4.00. The zero-order valence-corrected chi connectivity index (χ0v) is 33.3. The van der Waals surface area contributed by atoms with Crippen molar-refractivity contribution in [3.05, 3.63) is 65.2 Å². The molecule has 2 unspecified atom stereocenters. The van der Waals surface area contributed by atoms with Crippen LogP contribution in [0.3, 0.4) is 0 Å². The van der Waals surface area contributed by atoms with E-state index in [4.69, 9.17) is 9.84 Å². The van der Waals surface area contributed by atoms with Gasteiger partial charge in [-0.3, -0.25) is 19.2 Å². The molecule has 0 aromatic heterocycles. The van der Waals surface area contributed by atoms with Gasteiger partial charge in [0.1, 0.15) is 17.8 Å². The van der Waals surface area contributed by atoms with E-state index in [1.165, 1.54) is 6.42 Å². The van der Waals surface area contributed by atoms with Crippen molar-refractivity contribution in [1.29, 1.82) is 0 Å². The molecule has 304 valence electrons. The number of benzene rings is 2. The molecule has 55 heavy (non-hydrogen) atoms. The largest absolute Gasteiger partial charge is 0.493 e. The molecule has 5 atom stereocenters. The Morgan fingerprint density at radius 1 is 0.836 bits per heavy atom. The van der Waals surface area contributed by atoms with Crippen LogP contribution in [-0.2, 0) is 32.1 Å². The lowest BCUT2D eigenvalue weighted by atomic mass is 9.83. The van der Waals surface area contributed by atoms with E-state index in [9.17, 15) is 24.3 Å². The Bertz CT molecular complexity index is 1510. The number of rotatable bonds is 22. The standard InChI is InChI=1S/C43H65N5O7/c1-28(2)19-36(42(53)47-35(21-30-11-7-5-8-12-30)38(50)24-40(51)45-25-29(3)4)48-43(54)37(22-31-13-9-6-10-14-31)46-41(52)23-33-27-55-39-16-15-32(20-34(33)39)26-44-17-18-49/h6,9-10,13-16,20,28-30,33,35-38,44,49-50H,5,7-8,11-12,17-19,21-27H2,1-4H3,(H,45,51)(H,46,52)(H,47,53)(H,48,54)/t33?,35-,36-,37-,38?/m0/s1. The van der Waals surface area contributed by atoms with E-state index in [2.05, 4.69) is 26.6 Å². The average molecular weight is 764 g/mol. The molecular weight excluding hydrogens is 699 g/mol. The monoisotopic (exact) mass is 763 g/mol. The second-order valence-electron chi connectivity index (χ2n) is 16.3. The molecule has 12 heteroatoms. The fourth-order valence-corrected chi connectivity index (χ4v) is 7.53. The van der Waals surface area contributed by atoms with Crippen molar-refractivity contribution in [1.82, 2.24) is 26.6 Å². The van der Waals surface area contributed by atoms with E-state index in [-0.39, 0.29) is 55.4 Å². The molecule has 1 heterocycles. The molecule has 1 fully saturated rings. The van der Waals surface area contributed by atoms with Crippen molar-refractivity contribution in [2.75, 3.05) is 26.3 Å². The topological polar surface area (TPSA) is 178 Å². The Balaban J connectivity index is 1.47. The fraction of sp³-hybridized carbons (Fsp3) is 0.628. The molecule has 1 aliphatic heterocycles. The molecule has 2 aromatic rings. The Kier molecular flexibility index (Phi) is 17.9. The van der Waals surface area contributed by atoms with Crippen molar-refractivity contribution in [2.45, 2.75) is 129 Å². The summed E-state index contributed by atoms with van der Waals surface area (Å²) in [6.07, 6.45) is 5.39. The molecule has 4 amide bonds. The van der Waals surface area contributed by atoms with E-state index in [0.717, 1.165) is 48.1 Å². The van der Waals surface area contributed by atoms with Crippen LogP contribution >= 0.6 is 0 Å². The molecule has 7 N–H and O–H groups in total. The highest BCUT2D eigenvalue weighted by Gasteiger charge is 2.34. The zero-order valence-electron chi connectivity index (χ0n) is 33.3. The van der Waals surface area contributed by atoms with Crippen LogP contribution in [0, 0.1) is 17.8 Å². The normalized spacial score (nSPS) is 17.8. The van der Waals surface area contributed by atoms with Crippen molar-refractivity contribution in [3.8, 4) is 5.75 Å². The smallest absolute Gasteiger partial charge is 0.243 e. The molecule has 2 aromatic carbocycles. The molecule has 0 radical (unpaired) electrons.